The molecule has 0 amide bonds. The molecule has 1 N–H and O–H groups in total. The van der Waals surface area contributed by atoms with Gasteiger partial charge in [-0.3, -0.25) is 4.98 Å². The normalized spacial score (nSPS) is 18.8. The van der Waals surface area contributed by atoms with Crippen LogP contribution in [0.3, 0.4) is 0 Å². The van der Waals surface area contributed by atoms with Gasteiger partial charge in [0.2, 0.25) is 0 Å². The molecule has 0 fully saturated rings. The maximum atomic E-state index is 11.4. The van der Waals surface area contributed by atoms with Crippen LogP contribution in [0.4, 0.5) is 0 Å². The number of nitrogens with zero attached hydrogens (tertiary/aromatic N) is 1. The highest BCUT2D eigenvalue weighted by Crippen LogP contribution is 2.30. The lowest BCUT2D eigenvalue weighted by Gasteiger charge is -2.25. The fraction of sp³-hybridized carbons (Fsp3) is 0.500. The minimum absolute atomic E-state index is 0.00784. The van der Waals surface area contributed by atoms with Crippen molar-refractivity contribution in [1.82, 2.24) is 4.98 Å². The quantitative estimate of drug-likeness (QED) is 0.541. The average molecular weight is 400 g/mol. The molecule has 3 unspecified atom stereocenters. The van der Waals surface area contributed by atoms with Crippen molar-refractivity contribution in [2.45, 2.75) is 59.0 Å². The summed E-state index contributed by atoms with van der Waals surface area (Å²) in [7, 11) is 1.65. The summed E-state index contributed by atoms with van der Waals surface area (Å²) in [6, 6.07) is 2.03. The largest absolute Gasteiger partial charge is 0.495 e. The summed E-state index contributed by atoms with van der Waals surface area (Å²) in [5.41, 5.74) is 3.68. The van der Waals surface area contributed by atoms with E-state index < -0.39 is 5.97 Å². The third-order valence-corrected chi connectivity index (χ3v) is 5.65. The lowest BCUT2D eigenvalue weighted by molar-refractivity contribution is -0.132. The van der Waals surface area contributed by atoms with E-state index in [1.54, 1.807) is 25.5 Å². The Morgan fingerprint density at radius 2 is 2.07 bits per heavy atom. The predicted octanol–water partition coefficient (Wildman–Crippen LogP) is 5.30. The van der Waals surface area contributed by atoms with Gasteiger partial charge in [-0.1, -0.05) is 32.4 Å². The summed E-state index contributed by atoms with van der Waals surface area (Å²) >= 11 is 0. The topological polar surface area (TPSA) is 68.7 Å². The molecule has 29 heavy (non-hydrogen) atoms. The predicted molar refractivity (Wildman–Crippen MR) is 115 cm³/mol. The van der Waals surface area contributed by atoms with Crippen LogP contribution in [-0.4, -0.2) is 35.9 Å². The molecule has 5 nitrogen and oxygen atoms in total. The van der Waals surface area contributed by atoms with E-state index in [4.69, 9.17) is 9.47 Å². The van der Waals surface area contributed by atoms with Crippen LogP contribution in [0.15, 0.2) is 53.4 Å². The Hall–Kier alpha value is -2.40. The number of hydrogen-bond acceptors (Lipinski definition) is 4. The van der Waals surface area contributed by atoms with E-state index in [0.29, 0.717) is 18.1 Å². The van der Waals surface area contributed by atoms with Crippen molar-refractivity contribution in [3.05, 3.63) is 59.0 Å². The van der Waals surface area contributed by atoms with Crippen LogP contribution in [0.1, 0.15) is 58.4 Å². The van der Waals surface area contributed by atoms with Gasteiger partial charge in [-0.05, 0) is 61.5 Å². The van der Waals surface area contributed by atoms with E-state index in [-0.39, 0.29) is 12.0 Å². The first kappa shape index (κ1) is 22.9. The van der Waals surface area contributed by atoms with Gasteiger partial charge in [-0.25, -0.2) is 4.79 Å². The maximum Gasteiger partial charge on any atom is 0.335 e. The number of aliphatic carboxylic acids is 1. The van der Waals surface area contributed by atoms with Gasteiger partial charge in [-0.2, -0.15) is 0 Å². The standard InChI is InChI=1S/C24H33NO4/c1-6-23(22-10-9-19(24(26)27)12-17(3)18(22)4)29-11-7-8-16(2)20-13-21(28-5)15-25-14-20/h9-10,12-16,18,23H,6-8,11H2,1-5H3,(H,26,27). The number of allylic oxidation sites excluding steroid dienone is 3. The smallest absolute Gasteiger partial charge is 0.335 e. The monoisotopic (exact) mass is 399 g/mol. The highest BCUT2D eigenvalue weighted by atomic mass is 16.5. The molecular formula is C24H33NO4. The van der Waals surface area contributed by atoms with E-state index in [9.17, 15) is 9.90 Å². The van der Waals surface area contributed by atoms with Gasteiger partial charge >= 0.3 is 5.97 Å². The molecular weight excluding hydrogens is 366 g/mol. The summed E-state index contributed by atoms with van der Waals surface area (Å²) in [6.07, 6.45) is 11.8. The number of rotatable bonds is 10. The van der Waals surface area contributed by atoms with Crippen LogP contribution in [0, 0.1) is 5.92 Å². The Balaban J connectivity index is 1.94. The molecule has 0 saturated carbocycles. The first-order chi connectivity index (χ1) is 13.9. The van der Waals surface area contributed by atoms with E-state index in [2.05, 4.69) is 25.8 Å². The van der Waals surface area contributed by atoms with Crippen LogP contribution in [0.5, 0.6) is 5.75 Å². The number of aromatic nitrogens is 1. The maximum absolute atomic E-state index is 11.4. The van der Waals surface area contributed by atoms with Gasteiger partial charge in [0.1, 0.15) is 5.75 Å². The van der Waals surface area contributed by atoms with Crippen molar-refractivity contribution >= 4 is 5.97 Å². The minimum Gasteiger partial charge on any atom is -0.495 e. The highest BCUT2D eigenvalue weighted by molar-refractivity contribution is 5.90. The molecule has 3 atom stereocenters. The van der Waals surface area contributed by atoms with Gasteiger partial charge in [0.15, 0.2) is 0 Å². The summed E-state index contributed by atoms with van der Waals surface area (Å²) in [5.74, 6) is 0.422. The number of hydrogen-bond donors (Lipinski definition) is 1. The summed E-state index contributed by atoms with van der Waals surface area (Å²) < 4.78 is 11.5. The molecule has 1 heterocycles. The van der Waals surface area contributed by atoms with Crippen molar-refractivity contribution in [3.8, 4) is 5.75 Å². The van der Waals surface area contributed by atoms with E-state index in [1.807, 2.05) is 25.3 Å². The van der Waals surface area contributed by atoms with Gasteiger partial charge in [-0.15, -0.1) is 0 Å². The fourth-order valence-corrected chi connectivity index (χ4v) is 3.58. The zero-order valence-corrected chi connectivity index (χ0v) is 18.1. The van der Waals surface area contributed by atoms with Crippen molar-refractivity contribution in [3.63, 3.8) is 0 Å². The fourth-order valence-electron chi connectivity index (χ4n) is 3.58. The molecule has 0 spiro atoms. The molecule has 5 heteroatoms. The van der Waals surface area contributed by atoms with Crippen LogP contribution in [0.2, 0.25) is 0 Å². The van der Waals surface area contributed by atoms with Crippen molar-refractivity contribution in [2.24, 2.45) is 5.92 Å². The molecule has 1 aliphatic rings. The van der Waals surface area contributed by atoms with Gasteiger partial charge in [0.05, 0.1) is 25.0 Å². The highest BCUT2D eigenvalue weighted by Gasteiger charge is 2.22. The first-order valence-corrected chi connectivity index (χ1v) is 10.3. The van der Waals surface area contributed by atoms with Gasteiger partial charge in [0.25, 0.3) is 0 Å². The number of ether oxygens (including phenoxy) is 2. The van der Waals surface area contributed by atoms with Crippen molar-refractivity contribution in [1.29, 1.82) is 0 Å². The zero-order valence-electron chi connectivity index (χ0n) is 18.1. The molecule has 0 radical (unpaired) electrons. The minimum atomic E-state index is -0.899. The molecule has 158 valence electrons. The molecule has 1 aromatic heterocycles. The molecule has 1 aromatic rings. The SMILES string of the molecule is CCC(OCCCC(C)c1cncc(OC)c1)C1=CC=C(C(=O)O)C=C(C)C1C. The van der Waals surface area contributed by atoms with Crippen LogP contribution >= 0.6 is 0 Å². The third-order valence-electron chi connectivity index (χ3n) is 5.65. The Kier molecular flexibility index (Phi) is 8.65. The van der Waals surface area contributed by atoms with E-state index >= 15 is 0 Å². The lowest BCUT2D eigenvalue weighted by Crippen LogP contribution is -2.21. The van der Waals surface area contributed by atoms with Crippen LogP contribution in [-0.2, 0) is 9.53 Å². The number of pyridine rings is 1. The molecule has 0 aliphatic heterocycles. The second-order valence-corrected chi connectivity index (χ2v) is 7.67. The lowest BCUT2D eigenvalue weighted by atomic mass is 9.89. The molecule has 1 aliphatic carbocycles. The average Bonchev–Trinajstić information content (AvgIpc) is 2.87. The molecule has 0 saturated heterocycles. The van der Waals surface area contributed by atoms with E-state index in [1.165, 1.54) is 5.56 Å². The van der Waals surface area contributed by atoms with Crippen LogP contribution in [0.25, 0.3) is 0 Å². The van der Waals surface area contributed by atoms with Crippen molar-refractivity contribution in [2.75, 3.05) is 13.7 Å². The Morgan fingerprint density at radius 3 is 2.72 bits per heavy atom. The van der Waals surface area contributed by atoms with Crippen molar-refractivity contribution < 1.29 is 19.4 Å². The number of methoxy groups -OCH3 is 1. The third kappa shape index (κ3) is 6.29. The summed E-state index contributed by atoms with van der Waals surface area (Å²) in [6.45, 7) is 9.06. The first-order valence-electron chi connectivity index (χ1n) is 10.3. The summed E-state index contributed by atoms with van der Waals surface area (Å²) in [4.78, 5) is 15.6. The van der Waals surface area contributed by atoms with Gasteiger partial charge in [0, 0.05) is 18.7 Å². The number of carbonyl (C=O) groups is 1. The van der Waals surface area contributed by atoms with E-state index in [0.717, 1.165) is 36.2 Å². The van der Waals surface area contributed by atoms with Gasteiger partial charge < -0.3 is 14.6 Å². The Morgan fingerprint density at radius 1 is 1.31 bits per heavy atom. The molecule has 0 aromatic carbocycles. The molecule has 2 rings (SSSR count). The summed E-state index contributed by atoms with van der Waals surface area (Å²) in [5, 5.41) is 9.32. The Labute approximate surface area is 174 Å². The second-order valence-electron chi connectivity index (χ2n) is 7.67. The zero-order chi connectivity index (χ0) is 21.4. The van der Waals surface area contributed by atoms with Crippen LogP contribution < -0.4 is 4.74 Å². The Bertz CT molecular complexity index is 794. The second kappa shape index (κ2) is 11.0. The molecule has 0 bridgehead atoms. The number of carboxylic acids is 1. The number of carboxylic acid groups (broad SMARTS) is 1.